The molecule has 0 spiro atoms. The third-order valence-electron chi connectivity index (χ3n) is 3.48. The van der Waals surface area contributed by atoms with Crippen LogP contribution >= 0.6 is 0 Å². The van der Waals surface area contributed by atoms with Gasteiger partial charge in [0.25, 0.3) is 5.91 Å². The van der Waals surface area contributed by atoms with Crippen molar-refractivity contribution >= 4 is 15.9 Å². The fourth-order valence-corrected chi connectivity index (χ4v) is 2.94. The smallest absolute Gasteiger partial charge is 0.251 e. The Kier molecular flexibility index (Phi) is 4.36. The highest BCUT2D eigenvalue weighted by Crippen LogP contribution is 2.24. The van der Waals surface area contributed by atoms with E-state index in [0.717, 1.165) is 12.8 Å². The van der Waals surface area contributed by atoms with Gasteiger partial charge in [-0.25, -0.2) is 13.6 Å². The Bertz CT molecular complexity index is 623. The molecule has 21 heavy (non-hydrogen) atoms. The molecule has 116 valence electrons. The van der Waals surface area contributed by atoms with Crippen LogP contribution in [0.1, 0.15) is 37.0 Å². The van der Waals surface area contributed by atoms with Crippen LogP contribution < -0.4 is 10.5 Å². The highest BCUT2D eigenvalue weighted by molar-refractivity contribution is 7.89. The quantitative estimate of drug-likeness (QED) is 0.870. The normalized spacial score (nSPS) is 21.8. The van der Waals surface area contributed by atoms with Crippen LogP contribution in [0.3, 0.4) is 0 Å². The molecule has 1 aromatic rings. The lowest BCUT2D eigenvalue weighted by atomic mass is 9.94. The predicted octanol–water partition coefficient (Wildman–Crippen LogP) is 1.02. The maximum Gasteiger partial charge on any atom is 0.251 e. The summed E-state index contributed by atoms with van der Waals surface area (Å²) in [5, 5.41) is 7.97. The molecule has 1 heterocycles. The number of ether oxygens (including phenoxy) is 1. The van der Waals surface area contributed by atoms with E-state index < -0.39 is 10.0 Å². The molecule has 0 radical (unpaired) electrons. The standard InChI is InChI=1S/C14H20N2O4S/c1-14(2)9-11(7-8-20-14)16-13(17)10-3-5-12(6-4-10)21(15,18)19/h3-6,11H,7-9H2,1-2H3,(H,16,17)(H2,15,18,19). The highest BCUT2D eigenvalue weighted by atomic mass is 32.2. The maximum atomic E-state index is 12.2. The lowest BCUT2D eigenvalue weighted by Gasteiger charge is -2.35. The number of hydrogen-bond acceptors (Lipinski definition) is 4. The van der Waals surface area contributed by atoms with E-state index in [9.17, 15) is 13.2 Å². The van der Waals surface area contributed by atoms with Gasteiger partial charge in [0, 0.05) is 18.2 Å². The van der Waals surface area contributed by atoms with E-state index in [0.29, 0.717) is 12.2 Å². The van der Waals surface area contributed by atoms with E-state index in [1.807, 2.05) is 13.8 Å². The fraction of sp³-hybridized carbons (Fsp3) is 0.500. The lowest BCUT2D eigenvalue weighted by molar-refractivity contribution is -0.0615. The molecule has 0 aromatic heterocycles. The van der Waals surface area contributed by atoms with Gasteiger partial charge in [-0.05, 0) is 51.0 Å². The maximum absolute atomic E-state index is 12.2. The number of benzene rings is 1. The second-order valence-electron chi connectivity index (χ2n) is 5.84. The van der Waals surface area contributed by atoms with Crippen molar-refractivity contribution < 1.29 is 17.9 Å². The second kappa shape index (κ2) is 5.75. The van der Waals surface area contributed by atoms with Gasteiger partial charge in [0.15, 0.2) is 0 Å². The minimum Gasteiger partial charge on any atom is -0.375 e. The van der Waals surface area contributed by atoms with Crippen LogP contribution in [0.15, 0.2) is 29.2 Å². The molecular weight excluding hydrogens is 292 g/mol. The Labute approximate surface area is 124 Å². The molecule has 0 saturated carbocycles. The fourth-order valence-electron chi connectivity index (χ4n) is 2.42. The second-order valence-corrected chi connectivity index (χ2v) is 7.40. The number of carbonyl (C=O) groups excluding carboxylic acids is 1. The van der Waals surface area contributed by atoms with Crippen molar-refractivity contribution in [2.24, 2.45) is 5.14 Å². The minimum atomic E-state index is -3.74. The molecule has 1 aliphatic rings. The van der Waals surface area contributed by atoms with Crippen LogP contribution in [0.2, 0.25) is 0 Å². The van der Waals surface area contributed by atoms with Crippen LogP contribution in [-0.4, -0.2) is 32.6 Å². The van der Waals surface area contributed by atoms with Crippen molar-refractivity contribution in [3.05, 3.63) is 29.8 Å². The Balaban J connectivity index is 2.04. The molecule has 2 rings (SSSR count). The Morgan fingerprint density at radius 2 is 1.95 bits per heavy atom. The van der Waals surface area contributed by atoms with Gasteiger partial charge in [-0.3, -0.25) is 4.79 Å². The number of hydrogen-bond donors (Lipinski definition) is 2. The van der Waals surface area contributed by atoms with Crippen molar-refractivity contribution in [3.63, 3.8) is 0 Å². The first-order valence-electron chi connectivity index (χ1n) is 6.75. The zero-order valence-electron chi connectivity index (χ0n) is 12.1. The predicted molar refractivity (Wildman–Crippen MR) is 78.3 cm³/mol. The number of nitrogens with two attached hydrogens (primary N) is 1. The number of primary sulfonamides is 1. The minimum absolute atomic E-state index is 0.00810. The van der Waals surface area contributed by atoms with Crippen LogP contribution in [0.4, 0.5) is 0 Å². The topological polar surface area (TPSA) is 98.5 Å². The number of nitrogens with one attached hydrogen (secondary N) is 1. The molecule has 1 unspecified atom stereocenters. The van der Waals surface area contributed by atoms with Crippen LogP contribution in [-0.2, 0) is 14.8 Å². The molecule has 7 heteroatoms. The van der Waals surface area contributed by atoms with E-state index in [4.69, 9.17) is 9.88 Å². The van der Waals surface area contributed by atoms with Gasteiger partial charge in [-0.15, -0.1) is 0 Å². The average Bonchev–Trinajstić information content (AvgIpc) is 2.36. The zero-order valence-corrected chi connectivity index (χ0v) is 12.9. The summed E-state index contributed by atoms with van der Waals surface area (Å²) < 4.78 is 27.9. The van der Waals surface area contributed by atoms with Crippen molar-refractivity contribution in [1.82, 2.24) is 5.32 Å². The molecule has 1 saturated heterocycles. The van der Waals surface area contributed by atoms with Gasteiger partial charge in [-0.2, -0.15) is 0 Å². The molecule has 1 amide bonds. The van der Waals surface area contributed by atoms with E-state index in [1.165, 1.54) is 24.3 Å². The third kappa shape index (κ3) is 4.26. The van der Waals surface area contributed by atoms with Gasteiger partial charge in [0.05, 0.1) is 10.5 Å². The molecule has 0 bridgehead atoms. The number of amides is 1. The van der Waals surface area contributed by atoms with Crippen LogP contribution in [0.5, 0.6) is 0 Å². The molecular formula is C14H20N2O4S. The number of carbonyl (C=O) groups is 1. The summed E-state index contributed by atoms with van der Waals surface area (Å²) in [4.78, 5) is 12.1. The molecule has 6 nitrogen and oxygen atoms in total. The van der Waals surface area contributed by atoms with Crippen molar-refractivity contribution in [1.29, 1.82) is 0 Å². The zero-order chi connectivity index (χ0) is 15.7. The van der Waals surface area contributed by atoms with E-state index in [1.54, 1.807) is 0 Å². The Morgan fingerprint density at radius 3 is 2.48 bits per heavy atom. The van der Waals surface area contributed by atoms with Gasteiger partial charge >= 0.3 is 0 Å². The van der Waals surface area contributed by atoms with Gasteiger partial charge in [0.1, 0.15) is 0 Å². The summed E-state index contributed by atoms with van der Waals surface area (Å²) in [7, 11) is -3.74. The first-order chi connectivity index (χ1) is 9.67. The van der Waals surface area contributed by atoms with Gasteiger partial charge in [-0.1, -0.05) is 0 Å². The summed E-state index contributed by atoms with van der Waals surface area (Å²) in [5.41, 5.74) is 0.167. The van der Waals surface area contributed by atoms with E-state index in [2.05, 4.69) is 5.32 Å². The molecule has 0 aliphatic carbocycles. The third-order valence-corrected chi connectivity index (χ3v) is 4.41. The van der Waals surface area contributed by atoms with E-state index in [-0.39, 0.29) is 22.4 Å². The molecule has 1 aromatic carbocycles. The average molecular weight is 312 g/mol. The Morgan fingerprint density at radius 1 is 1.33 bits per heavy atom. The molecule has 1 atom stereocenters. The lowest BCUT2D eigenvalue weighted by Crippen LogP contribution is -2.45. The monoisotopic (exact) mass is 312 g/mol. The van der Waals surface area contributed by atoms with Crippen molar-refractivity contribution in [2.75, 3.05) is 6.61 Å². The summed E-state index contributed by atoms with van der Waals surface area (Å²) in [5.74, 6) is -0.223. The molecule has 1 aliphatic heterocycles. The Hall–Kier alpha value is -1.44. The van der Waals surface area contributed by atoms with Crippen LogP contribution in [0.25, 0.3) is 0 Å². The SMILES string of the molecule is CC1(C)CC(NC(=O)c2ccc(S(N)(=O)=O)cc2)CCO1. The molecule has 3 N–H and O–H groups in total. The number of sulfonamides is 1. The summed E-state index contributed by atoms with van der Waals surface area (Å²) in [6.07, 6.45) is 1.51. The molecule has 1 fully saturated rings. The van der Waals surface area contributed by atoms with Crippen molar-refractivity contribution in [3.8, 4) is 0 Å². The van der Waals surface area contributed by atoms with Crippen molar-refractivity contribution in [2.45, 2.75) is 43.2 Å². The largest absolute Gasteiger partial charge is 0.375 e. The number of rotatable bonds is 3. The van der Waals surface area contributed by atoms with Gasteiger partial charge in [0.2, 0.25) is 10.0 Å². The summed E-state index contributed by atoms with van der Waals surface area (Å²) >= 11 is 0. The van der Waals surface area contributed by atoms with Crippen LogP contribution in [0, 0.1) is 0 Å². The summed E-state index contributed by atoms with van der Waals surface area (Å²) in [6.45, 7) is 4.60. The summed E-state index contributed by atoms with van der Waals surface area (Å²) in [6, 6.07) is 5.63. The highest BCUT2D eigenvalue weighted by Gasteiger charge is 2.29. The van der Waals surface area contributed by atoms with Gasteiger partial charge < -0.3 is 10.1 Å². The van der Waals surface area contributed by atoms with E-state index >= 15 is 0 Å². The first-order valence-corrected chi connectivity index (χ1v) is 8.30. The first kappa shape index (κ1) is 15.9.